The Balaban J connectivity index is 2.17. The van der Waals surface area contributed by atoms with E-state index in [4.69, 9.17) is 4.74 Å². The lowest BCUT2D eigenvalue weighted by Crippen LogP contribution is -2.06. The van der Waals surface area contributed by atoms with Gasteiger partial charge in [-0.15, -0.1) is 0 Å². The molecule has 0 aliphatic rings. The van der Waals surface area contributed by atoms with E-state index in [2.05, 4.69) is 15.3 Å². The fraction of sp³-hybridized carbons (Fsp3) is 0.267. The number of rotatable bonds is 4. The second kappa shape index (κ2) is 6.14. The van der Waals surface area contributed by atoms with Crippen LogP contribution in [0.3, 0.4) is 0 Å². The molecule has 0 radical (unpaired) electrons. The molecule has 0 fully saturated rings. The predicted octanol–water partition coefficient (Wildman–Crippen LogP) is 3.15. The van der Waals surface area contributed by atoms with Crippen LogP contribution in [-0.4, -0.2) is 15.9 Å². The molecule has 0 amide bonds. The fourth-order valence-corrected chi connectivity index (χ4v) is 1.75. The van der Waals surface area contributed by atoms with Crippen LogP contribution in [0.5, 0.6) is 5.75 Å². The number of anilines is 2. The van der Waals surface area contributed by atoms with Gasteiger partial charge < -0.3 is 10.1 Å². The predicted molar refractivity (Wildman–Crippen MR) is 77.2 cm³/mol. The van der Waals surface area contributed by atoms with Crippen LogP contribution < -0.4 is 10.1 Å². The van der Waals surface area contributed by atoms with Gasteiger partial charge in [-0.05, 0) is 32.0 Å². The molecule has 0 saturated carbocycles. The molecular formula is C15H17N3O2. The monoisotopic (exact) mass is 271 g/mol. The lowest BCUT2D eigenvalue weighted by atomic mass is 10.3. The second-order valence-corrected chi connectivity index (χ2v) is 4.45. The van der Waals surface area contributed by atoms with Gasteiger partial charge in [0, 0.05) is 29.6 Å². The minimum atomic E-state index is -0.259. The molecule has 2 aromatic rings. The normalized spacial score (nSPS) is 10.2. The smallest absolute Gasteiger partial charge is 0.310 e. The van der Waals surface area contributed by atoms with Gasteiger partial charge in [0.2, 0.25) is 5.95 Å². The van der Waals surface area contributed by atoms with Crippen molar-refractivity contribution in [3.63, 3.8) is 0 Å². The first-order valence-electron chi connectivity index (χ1n) is 6.47. The molecule has 0 atom stereocenters. The summed E-state index contributed by atoms with van der Waals surface area (Å²) in [5, 5.41) is 3.10. The summed E-state index contributed by atoms with van der Waals surface area (Å²) in [6.07, 6.45) is 0.345. The third-order valence-electron chi connectivity index (χ3n) is 2.59. The highest BCUT2D eigenvalue weighted by atomic mass is 16.5. The molecule has 5 nitrogen and oxygen atoms in total. The Morgan fingerprint density at radius 3 is 2.55 bits per heavy atom. The number of hydrogen-bond acceptors (Lipinski definition) is 5. The molecule has 1 heterocycles. The number of nitrogens with one attached hydrogen (secondary N) is 1. The summed E-state index contributed by atoms with van der Waals surface area (Å²) < 4.78 is 5.17. The first-order valence-corrected chi connectivity index (χ1v) is 6.47. The van der Waals surface area contributed by atoms with Crippen molar-refractivity contribution in [3.8, 4) is 5.75 Å². The van der Waals surface area contributed by atoms with Crippen LogP contribution in [0.1, 0.15) is 24.7 Å². The molecule has 20 heavy (non-hydrogen) atoms. The first kappa shape index (κ1) is 14.0. The van der Waals surface area contributed by atoms with Crippen molar-refractivity contribution in [2.45, 2.75) is 27.2 Å². The highest BCUT2D eigenvalue weighted by molar-refractivity contribution is 5.72. The number of carbonyl (C=O) groups is 1. The number of benzene rings is 1. The molecule has 0 aliphatic heterocycles. The Labute approximate surface area is 118 Å². The van der Waals surface area contributed by atoms with Crippen LogP contribution >= 0.6 is 0 Å². The minimum Gasteiger partial charge on any atom is -0.426 e. The number of aryl methyl sites for hydroxylation is 2. The third kappa shape index (κ3) is 3.78. The van der Waals surface area contributed by atoms with Crippen LogP contribution in [0.4, 0.5) is 11.6 Å². The zero-order valence-electron chi connectivity index (χ0n) is 11.8. The summed E-state index contributed by atoms with van der Waals surface area (Å²) in [4.78, 5) is 19.9. The zero-order valence-corrected chi connectivity index (χ0v) is 11.8. The molecule has 0 saturated heterocycles. The maximum absolute atomic E-state index is 11.3. The summed E-state index contributed by atoms with van der Waals surface area (Å²) in [7, 11) is 0. The van der Waals surface area contributed by atoms with E-state index in [0.29, 0.717) is 18.1 Å². The Morgan fingerprint density at radius 2 is 1.90 bits per heavy atom. The molecular weight excluding hydrogens is 254 g/mol. The molecule has 0 unspecified atom stereocenters. The van der Waals surface area contributed by atoms with Crippen molar-refractivity contribution < 1.29 is 9.53 Å². The van der Waals surface area contributed by atoms with Gasteiger partial charge in [0.25, 0.3) is 0 Å². The van der Waals surface area contributed by atoms with E-state index >= 15 is 0 Å². The molecule has 1 aromatic heterocycles. The summed E-state index contributed by atoms with van der Waals surface area (Å²) in [5.41, 5.74) is 2.57. The highest BCUT2D eigenvalue weighted by Crippen LogP contribution is 2.20. The summed E-state index contributed by atoms with van der Waals surface area (Å²) in [5.74, 6) is 0.775. The zero-order chi connectivity index (χ0) is 14.5. The van der Waals surface area contributed by atoms with Crippen molar-refractivity contribution in [3.05, 3.63) is 41.7 Å². The highest BCUT2D eigenvalue weighted by Gasteiger charge is 2.04. The summed E-state index contributed by atoms with van der Waals surface area (Å²) >= 11 is 0. The molecule has 5 heteroatoms. The van der Waals surface area contributed by atoms with E-state index in [-0.39, 0.29) is 5.97 Å². The van der Waals surface area contributed by atoms with E-state index in [1.807, 2.05) is 32.0 Å². The number of hydrogen-bond donors (Lipinski definition) is 1. The largest absolute Gasteiger partial charge is 0.426 e. The van der Waals surface area contributed by atoms with E-state index in [9.17, 15) is 4.79 Å². The molecule has 2 rings (SSSR count). The van der Waals surface area contributed by atoms with Gasteiger partial charge in [0.05, 0.1) is 0 Å². The number of carbonyl (C=O) groups excluding carboxylic acids is 1. The lowest BCUT2D eigenvalue weighted by molar-refractivity contribution is -0.134. The lowest BCUT2D eigenvalue weighted by Gasteiger charge is -2.08. The second-order valence-electron chi connectivity index (χ2n) is 4.45. The Bertz CT molecular complexity index is 606. The van der Waals surface area contributed by atoms with Gasteiger partial charge in [-0.25, -0.2) is 9.97 Å². The van der Waals surface area contributed by atoms with Crippen LogP contribution in [0.15, 0.2) is 30.3 Å². The number of esters is 1. The molecule has 1 aromatic carbocycles. The molecule has 0 spiro atoms. The van der Waals surface area contributed by atoms with E-state index in [1.54, 1.807) is 19.1 Å². The average Bonchev–Trinajstić information content (AvgIpc) is 2.37. The Hall–Kier alpha value is -2.43. The maximum atomic E-state index is 11.3. The fourth-order valence-electron chi connectivity index (χ4n) is 1.75. The van der Waals surface area contributed by atoms with E-state index in [1.165, 1.54) is 0 Å². The van der Waals surface area contributed by atoms with Crippen LogP contribution in [-0.2, 0) is 4.79 Å². The topological polar surface area (TPSA) is 64.1 Å². The Morgan fingerprint density at radius 1 is 1.20 bits per heavy atom. The third-order valence-corrected chi connectivity index (χ3v) is 2.59. The molecule has 0 bridgehead atoms. The van der Waals surface area contributed by atoms with Gasteiger partial charge in [0.1, 0.15) is 5.75 Å². The van der Waals surface area contributed by atoms with Gasteiger partial charge in [-0.3, -0.25) is 4.79 Å². The molecule has 0 aliphatic carbocycles. The maximum Gasteiger partial charge on any atom is 0.310 e. The van der Waals surface area contributed by atoms with E-state index in [0.717, 1.165) is 17.1 Å². The molecule has 1 N–H and O–H groups in total. The first-order chi connectivity index (χ1) is 9.56. The average molecular weight is 271 g/mol. The summed E-state index contributed by atoms with van der Waals surface area (Å²) in [6.45, 7) is 5.59. The van der Waals surface area contributed by atoms with Gasteiger partial charge in [-0.2, -0.15) is 0 Å². The van der Waals surface area contributed by atoms with Crippen molar-refractivity contribution >= 4 is 17.6 Å². The van der Waals surface area contributed by atoms with Crippen molar-refractivity contribution in [1.29, 1.82) is 0 Å². The van der Waals surface area contributed by atoms with Gasteiger partial charge in [0.15, 0.2) is 0 Å². The van der Waals surface area contributed by atoms with Crippen molar-refractivity contribution in [1.82, 2.24) is 9.97 Å². The standard InChI is InChI=1S/C15H17N3O2/c1-4-14(19)20-13-7-5-6-12(9-13)18-15-16-10(2)8-11(3)17-15/h5-9H,4H2,1-3H3,(H,16,17,18). The van der Waals surface area contributed by atoms with Gasteiger partial charge in [-0.1, -0.05) is 13.0 Å². The minimum absolute atomic E-state index is 0.259. The Kier molecular flexibility index (Phi) is 4.30. The quantitative estimate of drug-likeness (QED) is 0.683. The summed E-state index contributed by atoms with van der Waals surface area (Å²) in [6, 6.07) is 9.06. The van der Waals surface area contributed by atoms with Crippen LogP contribution in [0.2, 0.25) is 0 Å². The van der Waals surface area contributed by atoms with Crippen LogP contribution in [0.25, 0.3) is 0 Å². The number of nitrogens with zero attached hydrogens (tertiary/aromatic N) is 2. The van der Waals surface area contributed by atoms with Crippen molar-refractivity contribution in [2.24, 2.45) is 0 Å². The number of aromatic nitrogens is 2. The van der Waals surface area contributed by atoms with Gasteiger partial charge >= 0.3 is 5.97 Å². The van der Waals surface area contributed by atoms with E-state index < -0.39 is 0 Å². The van der Waals surface area contributed by atoms with Crippen LogP contribution in [0, 0.1) is 13.8 Å². The SMILES string of the molecule is CCC(=O)Oc1cccc(Nc2nc(C)cc(C)n2)c1. The van der Waals surface area contributed by atoms with Crippen molar-refractivity contribution in [2.75, 3.05) is 5.32 Å². The molecule has 104 valence electrons. The number of ether oxygens (including phenoxy) is 1.